The fourth-order valence-electron chi connectivity index (χ4n) is 3.44. The van der Waals surface area contributed by atoms with E-state index in [-0.39, 0.29) is 5.91 Å². The van der Waals surface area contributed by atoms with Crippen molar-refractivity contribution in [3.8, 4) is 10.6 Å². The molecule has 1 amide bonds. The Bertz CT molecular complexity index is 943. The minimum absolute atomic E-state index is 0.107. The first kappa shape index (κ1) is 17.7. The lowest BCUT2D eigenvalue weighted by Gasteiger charge is -2.36. The molecule has 138 valence electrons. The van der Waals surface area contributed by atoms with Gasteiger partial charge in [0.2, 0.25) is 0 Å². The van der Waals surface area contributed by atoms with Gasteiger partial charge < -0.3 is 9.80 Å². The SMILES string of the molecule is Cc1cccc(N2CCN(C(=O)c3sc(-c4ccccc4)nc3C)CC2)c1. The van der Waals surface area contributed by atoms with Crippen molar-refractivity contribution in [2.45, 2.75) is 13.8 Å². The molecule has 0 radical (unpaired) electrons. The topological polar surface area (TPSA) is 36.4 Å². The molecule has 27 heavy (non-hydrogen) atoms. The van der Waals surface area contributed by atoms with Gasteiger partial charge in [0.05, 0.1) is 5.69 Å². The highest BCUT2D eigenvalue weighted by Crippen LogP contribution is 2.29. The molecule has 0 aliphatic carbocycles. The fourth-order valence-corrected chi connectivity index (χ4v) is 4.47. The molecule has 2 aromatic carbocycles. The number of thiazole rings is 1. The summed E-state index contributed by atoms with van der Waals surface area (Å²) in [6.07, 6.45) is 0. The average molecular weight is 378 g/mol. The number of amides is 1. The molecule has 1 aromatic heterocycles. The van der Waals surface area contributed by atoms with Gasteiger partial charge in [-0.05, 0) is 31.5 Å². The maximum absolute atomic E-state index is 13.0. The minimum atomic E-state index is 0.107. The summed E-state index contributed by atoms with van der Waals surface area (Å²) in [5, 5.41) is 0.912. The standard InChI is InChI=1S/C22H23N3OS/c1-16-7-6-10-19(15-16)24-11-13-25(14-12-24)22(26)20-17(2)23-21(27-20)18-8-4-3-5-9-18/h3-10,15H,11-14H2,1-2H3. The lowest BCUT2D eigenvalue weighted by atomic mass is 10.2. The fraction of sp³-hybridized carbons (Fsp3) is 0.273. The summed E-state index contributed by atoms with van der Waals surface area (Å²) >= 11 is 1.50. The Morgan fingerprint density at radius 3 is 2.41 bits per heavy atom. The average Bonchev–Trinajstić information content (AvgIpc) is 3.10. The number of aryl methyl sites for hydroxylation is 2. The largest absolute Gasteiger partial charge is 0.368 e. The van der Waals surface area contributed by atoms with Crippen molar-refractivity contribution < 1.29 is 4.79 Å². The third-order valence-corrected chi connectivity index (χ3v) is 6.14. The second kappa shape index (κ2) is 7.53. The van der Waals surface area contributed by atoms with Crippen LogP contribution in [0.4, 0.5) is 5.69 Å². The van der Waals surface area contributed by atoms with Crippen LogP contribution >= 0.6 is 11.3 Å². The van der Waals surface area contributed by atoms with Crippen molar-refractivity contribution in [1.82, 2.24) is 9.88 Å². The number of anilines is 1. The van der Waals surface area contributed by atoms with Crippen LogP contribution in [-0.2, 0) is 0 Å². The Morgan fingerprint density at radius 2 is 1.70 bits per heavy atom. The molecule has 0 saturated carbocycles. The van der Waals surface area contributed by atoms with E-state index in [1.165, 1.54) is 22.6 Å². The second-order valence-electron chi connectivity index (χ2n) is 6.92. The lowest BCUT2D eigenvalue weighted by Crippen LogP contribution is -2.48. The molecule has 1 aliphatic rings. The Balaban J connectivity index is 1.46. The van der Waals surface area contributed by atoms with Gasteiger partial charge in [0.1, 0.15) is 9.88 Å². The predicted molar refractivity (Wildman–Crippen MR) is 112 cm³/mol. The number of nitrogens with zero attached hydrogens (tertiary/aromatic N) is 3. The predicted octanol–water partition coefficient (Wildman–Crippen LogP) is 4.39. The number of rotatable bonds is 3. The van der Waals surface area contributed by atoms with E-state index in [2.05, 4.69) is 41.1 Å². The zero-order valence-corrected chi connectivity index (χ0v) is 16.5. The van der Waals surface area contributed by atoms with Crippen molar-refractivity contribution in [2.24, 2.45) is 0 Å². The van der Waals surface area contributed by atoms with E-state index < -0.39 is 0 Å². The first-order chi connectivity index (χ1) is 13.1. The summed E-state index contributed by atoms with van der Waals surface area (Å²) in [5.74, 6) is 0.107. The van der Waals surface area contributed by atoms with Crippen molar-refractivity contribution in [3.63, 3.8) is 0 Å². The van der Waals surface area contributed by atoms with Crippen LogP contribution in [0.2, 0.25) is 0 Å². The first-order valence-corrected chi connectivity index (χ1v) is 10.1. The molecule has 1 aliphatic heterocycles. The highest BCUT2D eigenvalue weighted by atomic mass is 32.1. The Kier molecular flexibility index (Phi) is 4.94. The molecule has 1 fully saturated rings. The summed E-state index contributed by atoms with van der Waals surface area (Å²) in [7, 11) is 0. The molecule has 0 atom stereocenters. The Hall–Kier alpha value is -2.66. The molecule has 5 heteroatoms. The van der Waals surface area contributed by atoms with Crippen molar-refractivity contribution >= 4 is 22.9 Å². The number of aromatic nitrogens is 1. The van der Waals surface area contributed by atoms with Gasteiger partial charge in [-0.25, -0.2) is 4.98 Å². The molecule has 0 unspecified atom stereocenters. The monoisotopic (exact) mass is 377 g/mol. The van der Waals surface area contributed by atoms with E-state index in [0.717, 1.165) is 47.3 Å². The Morgan fingerprint density at radius 1 is 0.963 bits per heavy atom. The van der Waals surface area contributed by atoms with Crippen LogP contribution in [0, 0.1) is 13.8 Å². The summed E-state index contributed by atoms with van der Waals surface area (Å²) in [5.41, 5.74) is 4.39. The normalized spacial score (nSPS) is 14.4. The smallest absolute Gasteiger partial charge is 0.265 e. The van der Waals surface area contributed by atoms with Crippen LogP contribution in [0.15, 0.2) is 54.6 Å². The molecular weight excluding hydrogens is 354 g/mol. The summed E-state index contributed by atoms with van der Waals surface area (Å²) in [6, 6.07) is 18.6. The third kappa shape index (κ3) is 3.74. The molecule has 0 spiro atoms. The highest BCUT2D eigenvalue weighted by molar-refractivity contribution is 7.17. The van der Waals surface area contributed by atoms with Crippen LogP contribution in [0.5, 0.6) is 0 Å². The number of hydrogen-bond acceptors (Lipinski definition) is 4. The van der Waals surface area contributed by atoms with E-state index >= 15 is 0 Å². The van der Waals surface area contributed by atoms with Gasteiger partial charge in [0.25, 0.3) is 5.91 Å². The van der Waals surface area contributed by atoms with Crippen molar-refractivity contribution in [1.29, 1.82) is 0 Å². The van der Waals surface area contributed by atoms with Gasteiger partial charge in [-0.2, -0.15) is 0 Å². The molecular formula is C22H23N3OS. The van der Waals surface area contributed by atoms with Crippen LogP contribution in [0.1, 0.15) is 20.9 Å². The van der Waals surface area contributed by atoms with Crippen LogP contribution in [0.25, 0.3) is 10.6 Å². The number of carbonyl (C=O) groups excluding carboxylic acids is 1. The van der Waals surface area contributed by atoms with Gasteiger partial charge in [0, 0.05) is 37.4 Å². The molecule has 4 nitrogen and oxygen atoms in total. The maximum Gasteiger partial charge on any atom is 0.265 e. The third-order valence-electron chi connectivity index (χ3n) is 4.95. The van der Waals surface area contributed by atoms with Crippen LogP contribution in [0.3, 0.4) is 0 Å². The summed E-state index contributed by atoms with van der Waals surface area (Å²) in [6.45, 7) is 7.24. The van der Waals surface area contributed by atoms with E-state index in [9.17, 15) is 4.79 Å². The van der Waals surface area contributed by atoms with E-state index in [0.29, 0.717) is 0 Å². The zero-order valence-electron chi connectivity index (χ0n) is 15.7. The van der Waals surface area contributed by atoms with E-state index in [1.807, 2.05) is 42.2 Å². The quantitative estimate of drug-likeness (QED) is 0.679. The lowest BCUT2D eigenvalue weighted by molar-refractivity contribution is 0.0750. The first-order valence-electron chi connectivity index (χ1n) is 9.25. The molecule has 3 aromatic rings. The van der Waals surface area contributed by atoms with Gasteiger partial charge >= 0.3 is 0 Å². The second-order valence-corrected chi connectivity index (χ2v) is 7.92. The Labute approximate surface area is 164 Å². The zero-order chi connectivity index (χ0) is 18.8. The van der Waals surface area contributed by atoms with Crippen molar-refractivity contribution in [2.75, 3.05) is 31.1 Å². The van der Waals surface area contributed by atoms with Gasteiger partial charge in [0.15, 0.2) is 0 Å². The number of carbonyl (C=O) groups is 1. The molecule has 1 saturated heterocycles. The maximum atomic E-state index is 13.0. The van der Waals surface area contributed by atoms with Gasteiger partial charge in [-0.15, -0.1) is 11.3 Å². The molecule has 0 bridgehead atoms. The van der Waals surface area contributed by atoms with Gasteiger partial charge in [-0.1, -0.05) is 42.5 Å². The molecule has 2 heterocycles. The number of benzene rings is 2. The van der Waals surface area contributed by atoms with Crippen LogP contribution in [-0.4, -0.2) is 42.0 Å². The highest BCUT2D eigenvalue weighted by Gasteiger charge is 2.25. The summed E-state index contributed by atoms with van der Waals surface area (Å²) < 4.78 is 0. The number of hydrogen-bond donors (Lipinski definition) is 0. The molecule has 0 N–H and O–H groups in total. The van der Waals surface area contributed by atoms with Crippen molar-refractivity contribution in [3.05, 3.63) is 70.7 Å². The molecule has 4 rings (SSSR count). The van der Waals surface area contributed by atoms with E-state index in [4.69, 9.17) is 0 Å². The van der Waals surface area contributed by atoms with Gasteiger partial charge in [-0.3, -0.25) is 4.79 Å². The number of piperazine rings is 1. The van der Waals surface area contributed by atoms with E-state index in [1.54, 1.807) is 0 Å². The summed E-state index contributed by atoms with van der Waals surface area (Å²) in [4.78, 5) is 22.7. The van der Waals surface area contributed by atoms with Crippen LogP contribution < -0.4 is 4.90 Å². The minimum Gasteiger partial charge on any atom is -0.368 e.